The molecule has 0 fully saturated rings. The fourth-order valence-corrected chi connectivity index (χ4v) is 3.00. The van der Waals surface area contributed by atoms with Crippen LogP contribution in [0.2, 0.25) is 0 Å². The van der Waals surface area contributed by atoms with E-state index in [1.54, 1.807) is 0 Å². The zero-order chi connectivity index (χ0) is 11.6. The summed E-state index contributed by atoms with van der Waals surface area (Å²) in [5.74, 6) is 3.29. The minimum atomic E-state index is 0.752. The van der Waals surface area contributed by atoms with Gasteiger partial charge < -0.3 is 5.32 Å². The molecule has 1 rings (SSSR count). The van der Waals surface area contributed by atoms with Gasteiger partial charge in [-0.1, -0.05) is 31.5 Å². The topological polar surface area (TPSA) is 24.4 Å². The van der Waals surface area contributed by atoms with Crippen LogP contribution in [0.5, 0.6) is 0 Å². The number of hydrogen-bond acceptors (Lipinski definition) is 4. The Morgan fingerprint density at radius 1 is 1.38 bits per heavy atom. The smallest absolute Gasteiger partial charge is 0.156 e. The first-order valence-electron chi connectivity index (χ1n) is 6.23. The molecule has 1 unspecified atom stereocenters. The molecule has 0 spiro atoms. The Labute approximate surface area is 108 Å². The summed E-state index contributed by atoms with van der Waals surface area (Å²) in [5, 5.41) is 4.61. The van der Waals surface area contributed by atoms with Crippen molar-refractivity contribution in [3.8, 4) is 0 Å². The van der Waals surface area contributed by atoms with Crippen molar-refractivity contribution in [1.29, 1.82) is 0 Å². The van der Waals surface area contributed by atoms with Crippen LogP contribution in [0.1, 0.15) is 32.6 Å². The van der Waals surface area contributed by atoms with Gasteiger partial charge in [0.2, 0.25) is 0 Å². The van der Waals surface area contributed by atoms with Crippen molar-refractivity contribution < 1.29 is 0 Å². The lowest BCUT2D eigenvalue weighted by atomic mass is 10.2. The molecule has 1 heterocycles. The Balaban J connectivity index is 1.91. The molecule has 0 aromatic rings. The second kappa shape index (κ2) is 9.23. The highest BCUT2D eigenvalue weighted by Gasteiger charge is 2.10. The minimum Gasteiger partial charge on any atom is -0.365 e. The second-order valence-electron chi connectivity index (χ2n) is 4.40. The zero-order valence-corrected chi connectivity index (χ0v) is 12.1. The van der Waals surface area contributed by atoms with Crippen LogP contribution in [-0.4, -0.2) is 36.0 Å². The van der Waals surface area contributed by atoms with Gasteiger partial charge in [0.25, 0.3) is 0 Å². The molecule has 0 radical (unpaired) electrons. The lowest BCUT2D eigenvalue weighted by Crippen LogP contribution is -2.26. The van der Waals surface area contributed by atoms with Crippen molar-refractivity contribution in [2.75, 3.05) is 30.9 Å². The molecule has 0 aromatic heterocycles. The van der Waals surface area contributed by atoms with Gasteiger partial charge in [0.1, 0.15) is 0 Å². The fourth-order valence-electron chi connectivity index (χ4n) is 1.59. The normalized spacial score (nSPS) is 20.6. The molecule has 1 aliphatic heterocycles. The van der Waals surface area contributed by atoms with E-state index >= 15 is 0 Å². The predicted molar refractivity (Wildman–Crippen MR) is 78.8 cm³/mol. The minimum absolute atomic E-state index is 0.752. The maximum Gasteiger partial charge on any atom is 0.156 e. The van der Waals surface area contributed by atoms with Crippen LogP contribution in [0.15, 0.2) is 4.99 Å². The summed E-state index contributed by atoms with van der Waals surface area (Å²) in [6.07, 6.45) is 7.56. The van der Waals surface area contributed by atoms with Crippen LogP contribution in [0.4, 0.5) is 0 Å². The van der Waals surface area contributed by atoms with Crippen molar-refractivity contribution in [3.05, 3.63) is 0 Å². The van der Waals surface area contributed by atoms with E-state index in [0.717, 1.165) is 19.0 Å². The van der Waals surface area contributed by atoms with Gasteiger partial charge in [0, 0.05) is 18.8 Å². The molecule has 1 N–H and O–H groups in total. The van der Waals surface area contributed by atoms with Crippen molar-refractivity contribution in [3.63, 3.8) is 0 Å². The molecule has 0 aliphatic carbocycles. The molecule has 4 heteroatoms. The van der Waals surface area contributed by atoms with E-state index in [2.05, 4.69) is 23.5 Å². The van der Waals surface area contributed by atoms with Crippen LogP contribution in [0.3, 0.4) is 0 Å². The van der Waals surface area contributed by atoms with E-state index in [9.17, 15) is 0 Å². The number of thioether (sulfide) groups is 2. The van der Waals surface area contributed by atoms with Crippen molar-refractivity contribution in [2.45, 2.75) is 32.6 Å². The van der Waals surface area contributed by atoms with Crippen molar-refractivity contribution in [2.24, 2.45) is 10.9 Å². The predicted octanol–water partition coefficient (Wildman–Crippen LogP) is 3.24. The number of nitrogens with zero attached hydrogens (tertiary/aromatic N) is 1. The number of rotatable bonds is 7. The monoisotopic (exact) mass is 260 g/mol. The largest absolute Gasteiger partial charge is 0.365 e. The van der Waals surface area contributed by atoms with E-state index in [-0.39, 0.29) is 0 Å². The molecule has 0 aromatic carbocycles. The maximum atomic E-state index is 4.52. The van der Waals surface area contributed by atoms with Crippen LogP contribution < -0.4 is 5.32 Å². The maximum absolute atomic E-state index is 4.52. The van der Waals surface area contributed by atoms with Crippen molar-refractivity contribution in [1.82, 2.24) is 5.32 Å². The highest BCUT2D eigenvalue weighted by molar-refractivity contribution is 8.13. The third kappa shape index (κ3) is 6.69. The summed E-state index contributed by atoms with van der Waals surface area (Å²) < 4.78 is 0. The summed E-state index contributed by atoms with van der Waals surface area (Å²) in [4.78, 5) is 4.52. The number of amidine groups is 1. The number of aliphatic imine (C=N–C) groups is 1. The summed E-state index contributed by atoms with van der Waals surface area (Å²) in [6.45, 7) is 4.36. The van der Waals surface area contributed by atoms with E-state index in [1.807, 2.05) is 23.5 Å². The van der Waals surface area contributed by atoms with Crippen molar-refractivity contribution >= 4 is 28.7 Å². The molecule has 1 atom stereocenters. The molecule has 0 bridgehead atoms. The van der Waals surface area contributed by atoms with Gasteiger partial charge >= 0.3 is 0 Å². The number of unbranched alkanes of at least 4 members (excludes halogenated alkanes) is 3. The third-order valence-corrected chi connectivity index (χ3v) is 4.58. The number of hydrogen-bond donors (Lipinski definition) is 1. The Morgan fingerprint density at radius 3 is 2.88 bits per heavy atom. The highest BCUT2D eigenvalue weighted by Crippen LogP contribution is 2.15. The van der Waals surface area contributed by atoms with Crippen LogP contribution in [0.25, 0.3) is 0 Å². The van der Waals surface area contributed by atoms with Gasteiger partial charge in [0.15, 0.2) is 5.17 Å². The average Bonchev–Trinajstić information content (AvgIpc) is 2.30. The van der Waals surface area contributed by atoms with Gasteiger partial charge in [-0.2, -0.15) is 11.8 Å². The zero-order valence-electron chi connectivity index (χ0n) is 10.5. The Morgan fingerprint density at radius 2 is 2.19 bits per heavy atom. The Kier molecular flexibility index (Phi) is 8.21. The first-order valence-corrected chi connectivity index (χ1v) is 8.61. The Bertz CT molecular complexity index is 207. The highest BCUT2D eigenvalue weighted by atomic mass is 32.2. The summed E-state index contributed by atoms with van der Waals surface area (Å²) in [6, 6.07) is 0. The summed E-state index contributed by atoms with van der Waals surface area (Å²) in [7, 11) is 0. The first kappa shape index (κ1) is 14.2. The van der Waals surface area contributed by atoms with E-state index < -0.39 is 0 Å². The first-order chi connectivity index (χ1) is 7.83. The van der Waals surface area contributed by atoms with Gasteiger partial charge in [-0.05, 0) is 30.8 Å². The fraction of sp³-hybridized carbons (Fsp3) is 0.917. The van der Waals surface area contributed by atoms with Gasteiger partial charge in [-0.3, -0.25) is 4.99 Å². The third-order valence-electron chi connectivity index (χ3n) is 2.60. The molecule has 1 aliphatic rings. The van der Waals surface area contributed by atoms with Gasteiger partial charge in [-0.25, -0.2) is 0 Å². The van der Waals surface area contributed by atoms with E-state index in [1.165, 1.54) is 42.4 Å². The van der Waals surface area contributed by atoms with Crippen LogP contribution in [-0.2, 0) is 0 Å². The molecular formula is C12H24N2S2. The molecular weight excluding hydrogens is 236 g/mol. The van der Waals surface area contributed by atoms with Gasteiger partial charge in [-0.15, -0.1) is 0 Å². The Hall–Kier alpha value is 0.170. The lowest BCUT2D eigenvalue weighted by molar-refractivity contribution is 0.648. The van der Waals surface area contributed by atoms with E-state index in [0.29, 0.717) is 0 Å². The molecule has 2 nitrogen and oxygen atoms in total. The molecule has 0 amide bonds. The number of nitrogens with one attached hydrogen (secondary N) is 1. The van der Waals surface area contributed by atoms with Crippen LogP contribution in [0, 0.1) is 5.92 Å². The SMILES string of the molecule is CSCCCCCCNC1=NCC(C)CS1. The standard InChI is InChI=1S/C12H24N2S2/c1-11-9-14-12(16-10-11)13-7-5-3-4-6-8-15-2/h11H,3-10H2,1-2H3,(H,13,14). The van der Waals surface area contributed by atoms with Crippen LogP contribution >= 0.6 is 23.5 Å². The lowest BCUT2D eigenvalue weighted by Gasteiger charge is -2.17. The quantitative estimate of drug-likeness (QED) is 0.711. The summed E-state index contributed by atoms with van der Waals surface area (Å²) in [5.41, 5.74) is 0. The molecule has 16 heavy (non-hydrogen) atoms. The molecule has 0 saturated carbocycles. The summed E-state index contributed by atoms with van der Waals surface area (Å²) >= 11 is 3.83. The average molecular weight is 260 g/mol. The molecule has 94 valence electrons. The second-order valence-corrected chi connectivity index (χ2v) is 6.39. The van der Waals surface area contributed by atoms with E-state index in [4.69, 9.17) is 0 Å². The van der Waals surface area contributed by atoms with Gasteiger partial charge in [0.05, 0.1) is 0 Å². The molecule has 0 saturated heterocycles.